The first-order valence-electron chi connectivity index (χ1n) is 6.34. The normalized spacial score (nSPS) is 10.7. The lowest BCUT2D eigenvalue weighted by molar-refractivity contribution is 0.102. The smallest absolute Gasteiger partial charge is 0.259 e. The van der Waals surface area contributed by atoms with Crippen molar-refractivity contribution in [2.45, 2.75) is 6.54 Å². The van der Waals surface area contributed by atoms with E-state index in [1.807, 2.05) is 48.5 Å². The predicted octanol–water partition coefficient (Wildman–Crippen LogP) is 3.14. The highest BCUT2D eigenvalue weighted by molar-refractivity contribution is 6.12. The summed E-state index contributed by atoms with van der Waals surface area (Å²) >= 11 is 0. The van der Waals surface area contributed by atoms with Crippen LogP contribution in [0.2, 0.25) is 0 Å². The van der Waals surface area contributed by atoms with Crippen LogP contribution < -0.4 is 11.1 Å². The van der Waals surface area contributed by atoms with E-state index in [4.69, 9.17) is 10.2 Å². The van der Waals surface area contributed by atoms with E-state index < -0.39 is 0 Å². The number of para-hydroxylation sites is 1. The van der Waals surface area contributed by atoms with Crippen LogP contribution in [0.4, 0.5) is 5.69 Å². The number of carbonyl (C=O) groups is 1. The van der Waals surface area contributed by atoms with Gasteiger partial charge in [0.05, 0.1) is 5.56 Å². The molecule has 0 saturated carbocycles. The molecule has 0 atom stereocenters. The van der Waals surface area contributed by atoms with Gasteiger partial charge in [0, 0.05) is 17.6 Å². The average molecular weight is 266 g/mol. The maximum atomic E-state index is 12.3. The van der Waals surface area contributed by atoms with E-state index in [1.165, 1.54) is 6.26 Å². The summed E-state index contributed by atoms with van der Waals surface area (Å²) < 4.78 is 5.37. The minimum absolute atomic E-state index is 0.191. The zero-order chi connectivity index (χ0) is 13.9. The van der Waals surface area contributed by atoms with E-state index in [9.17, 15) is 4.79 Å². The first-order valence-corrected chi connectivity index (χ1v) is 6.34. The molecule has 0 spiro atoms. The molecule has 20 heavy (non-hydrogen) atoms. The van der Waals surface area contributed by atoms with Crippen LogP contribution >= 0.6 is 0 Å². The van der Waals surface area contributed by atoms with Gasteiger partial charge < -0.3 is 15.5 Å². The first kappa shape index (κ1) is 12.4. The molecule has 100 valence electrons. The number of hydrogen-bond acceptors (Lipinski definition) is 3. The van der Waals surface area contributed by atoms with Crippen LogP contribution in [0, 0.1) is 0 Å². The van der Waals surface area contributed by atoms with Crippen LogP contribution in [0.15, 0.2) is 59.2 Å². The molecule has 0 saturated heterocycles. The Morgan fingerprint density at radius 1 is 1.15 bits per heavy atom. The molecular weight excluding hydrogens is 252 g/mol. The Morgan fingerprint density at radius 2 is 2.00 bits per heavy atom. The second-order valence-corrected chi connectivity index (χ2v) is 4.50. The second-order valence-electron chi connectivity index (χ2n) is 4.50. The molecule has 3 aromatic rings. The fourth-order valence-electron chi connectivity index (χ4n) is 2.13. The molecule has 3 rings (SSSR count). The minimum atomic E-state index is -0.191. The molecular formula is C16H14N2O2. The lowest BCUT2D eigenvalue weighted by atomic mass is 10.1. The number of hydrogen-bond donors (Lipinski definition) is 2. The third-order valence-electron chi connectivity index (χ3n) is 3.15. The molecule has 0 fully saturated rings. The van der Waals surface area contributed by atoms with Crippen LogP contribution in [0.1, 0.15) is 15.9 Å². The Labute approximate surface area is 116 Å². The van der Waals surface area contributed by atoms with Crippen molar-refractivity contribution in [3.8, 4) is 0 Å². The molecule has 1 aromatic heterocycles. The molecule has 0 bridgehead atoms. The van der Waals surface area contributed by atoms with Crippen LogP contribution in [0.5, 0.6) is 0 Å². The van der Waals surface area contributed by atoms with Gasteiger partial charge in [-0.1, -0.05) is 30.3 Å². The van der Waals surface area contributed by atoms with E-state index in [-0.39, 0.29) is 5.91 Å². The maximum absolute atomic E-state index is 12.3. The van der Waals surface area contributed by atoms with Gasteiger partial charge in [0.1, 0.15) is 11.8 Å². The molecule has 0 unspecified atom stereocenters. The second kappa shape index (κ2) is 5.19. The number of nitrogens with one attached hydrogen (secondary N) is 1. The highest BCUT2D eigenvalue weighted by atomic mass is 16.3. The summed E-state index contributed by atoms with van der Waals surface area (Å²) in [7, 11) is 0. The van der Waals surface area contributed by atoms with Crippen LogP contribution in [0.3, 0.4) is 0 Å². The Morgan fingerprint density at radius 3 is 2.85 bits per heavy atom. The molecule has 0 aliphatic rings. The summed E-state index contributed by atoms with van der Waals surface area (Å²) in [6, 6.07) is 14.9. The first-order chi connectivity index (χ1) is 9.78. The van der Waals surface area contributed by atoms with Crippen molar-refractivity contribution in [1.82, 2.24) is 0 Å². The minimum Gasteiger partial charge on any atom is -0.463 e. The Bertz CT molecular complexity index is 762. The lowest BCUT2D eigenvalue weighted by Gasteiger charge is -2.05. The largest absolute Gasteiger partial charge is 0.463 e. The number of rotatable bonds is 3. The third kappa shape index (κ3) is 2.29. The Balaban J connectivity index is 1.89. The van der Waals surface area contributed by atoms with Crippen molar-refractivity contribution in [1.29, 1.82) is 0 Å². The number of fused-ring (bicyclic) bond motifs is 1. The van der Waals surface area contributed by atoms with E-state index >= 15 is 0 Å². The van der Waals surface area contributed by atoms with Crippen molar-refractivity contribution in [3.63, 3.8) is 0 Å². The molecule has 3 N–H and O–H groups in total. The SMILES string of the molecule is NCc1cccc(NC(=O)c2coc3ccccc23)c1. The summed E-state index contributed by atoms with van der Waals surface area (Å²) in [6.07, 6.45) is 1.48. The summed E-state index contributed by atoms with van der Waals surface area (Å²) in [5.74, 6) is -0.191. The molecule has 4 nitrogen and oxygen atoms in total. The fourth-order valence-corrected chi connectivity index (χ4v) is 2.13. The molecule has 1 heterocycles. The Kier molecular flexibility index (Phi) is 3.23. The van der Waals surface area contributed by atoms with Gasteiger partial charge in [-0.3, -0.25) is 4.79 Å². The van der Waals surface area contributed by atoms with Gasteiger partial charge >= 0.3 is 0 Å². The number of furan rings is 1. The number of nitrogens with two attached hydrogens (primary N) is 1. The van der Waals surface area contributed by atoms with E-state index in [2.05, 4.69) is 5.32 Å². The van der Waals surface area contributed by atoms with E-state index in [0.29, 0.717) is 17.7 Å². The summed E-state index contributed by atoms with van der Waals surface area (Å²) in [5, 5.41) is 3.66. The molecule has 4 heteroatoms. The summed E-state index contributed by atoms with van der Waals surface area (Å²) in [4.78, 5) is 12.3. The van der Waals surface area contributed by atoms with Crippen LogP contribution in [-0.2, 0) is 6.54 Å². The van der Waals surface area contributed by atoms with Crippen molar-refractivity contribution >= 4 is 22.6 Å². The Hall–Kier alpha value is -2.59. The van der Waals surface area contributed by atoms with Crippen molar-refractivity contribution < 1.29 is 9.21 Å². The van der Waals surface area contributed by atoms with Crippen molar-refractivity contribution in [2.75, 3.05) is 5.32 Å². The molecule has 0 aliphatic heterocycles. The summed E-state index contributed by atoms with van der Waals surface area (Å²) in [6.45, 7) is 0.443. The number of amides is 1. The highest BCUT2D eigenvalue weighted by Gasteiger charge is 2.13. The topological polar surface area (TPSA) is 68.3 Å². The van der Waals surface area contributed by atoms with Gasteiger partial charge in [0.15, 0.2) is 0 Å². The average Bonchev–Trinajstić information content (AvgIpc) is 2.91. The highest BCUT2D eigenvalue weighted by Crippen LogP contribution is 2.22. The predicted molar refractivity (Wildman–Crippen MR) is 78.5 cm³/mol. The van der Waals surface area contributed by atoms with Gasteiger partial charge in [-0.05, 0) is 23.8 Å². The van der Waals surface area contributed by atoms with Gasteiger partial charge in [0.2, 0.25) is 0 Å². The molecule has 1 amide bonds. The lowest BCUT2D eigenvalue weighted by Crippen LogP contribution is -2.11. The maximum Gasteiger partial charge on any atom is 0.259 e. The number of anilines is 1. The standard InChI is InChI=1S/C16H14N2O2/c17-9-11-4-3-5-12(8-11)18-16(19)14-10-20-15-7-2-1-6-13(14)15/h1-8,10H,9,17H2,(H,18,19). The monoisotopic (exact) mass is 266 g/mol. The van der Waals surface area contributed by atoms with Gasteiger partial charge in [-0.2, -0.15) is 0 Å². The molecule has 0 aliphatic carbocycles. The quantitative estimate of drug-likeness (QED) is 0.765. The van der Waals surface area contributed by atoms with Crippen molar-refractivity contribution in [3.05, 3.63) is 65.9 Å². The van der Waals surface area contributed by atoms with Crippen molar-refractivity contribution in [2.24, 2.45) is 5.73 Å². The third-order valence-corrected chi connectivity index (χ3v) is 3.15. The van der Waals surface area contributed by atoms with E-state index in [0.717, 1.165) is 16.6 Å². The van der Waals surface area contributed by atoms with Gasteiger partial charge in [-0.15, -0.1) is 0 Å². The fraction of sp³-hybridized carbons (Fsp3) is 0.0625. The number of carbonyl (C=O) groups excluding carboxylic acids is 1. The summed E-state index contributed by atoms with van der Waals surface area (Å²) in [5.41, 5.74) is 8.52. The van der Waals surface area contributed by atoms with Crippen LogP contribution in [0.25, 0.3) is 11.0 Å². The van der Waals surface area contributed by atoms with Gasteiger partial charge in [-0.25, -0.2) is 0 Å². The number of benzene rings is 2. The van der Waals surface area contributed by atoms with Crippen LogP contribution in [-0.4, -0.2) is 5.91 Å². The van der Waals surface area contributed by atoms with E-state index in [1.54, 1.807) is 0 Å². The zero-order valence-corrected chi connectivity index (χ0v) is 10.8. The zero-order valence-electron chi connectivity index (χ0n) is 10.8. The molecule has 2 aromatic carbocycles. The van der Waals surface area contributed by atoms with Gasteiger partial charge in [0.25, 0.3) is 5.91 Å². The molecule has 0 radical (unpaired) electrons.